The number of hydrogen-bond acceptors (Lipinski definition) is 9. The molecule has 3 rings (SSSR count). The summed E-state index contributed by atoms with van der Waals surface area (Å²) in [5.74, 6) is -1.57. The van der Waals surface area contributed by atoms with E-state index in [0.717, 1.165) is 0 Å². The number of anilines is 2. The molecule has 12 nitrogen and oxygen atoms in total. The third kappa shape index (κ3) is 5.96. The van der Waals surface area contributed by atoms with Crippen LogP contribution in [0, 0.1) is 0 Å². The maximum absolute atomic E-state index is 12.4. The molecule has 0 aliphatic rings. The van der Waals surface area contributed by atoms with E-state index >= 15 is 0 Å². The molecule has 1 atom stereocenters. The number of aliphatic carboxylic acids is 1. The monoisotopic (exact) mass is 551 g/mol. The van der Waals surface area contributed by atoms with Gasteiger partial charge in [0.2, 0.25) is 9.74 Å². The number of nitrogens with one attached hydrogen (secondary N) is 3. The van der Waals surface area contributed by atoms with E-state index in [4.69, 9.17) is 10.8 Å². The van der Waals surface area contributed by atoms with Crippen molar-refractivity contribution >= 4 is 61.1 Å². The number of H-pyrrole nitrogens is 1. The standard InChI is InChI=1S/C19H18IN7O5/c20-15(30)12(5-6-13(28)29)25-17(31)9-1-3-10(4-2-9)22-7-11-8-23-16-14(24-11)18(32)27-19(21)26-16/h1-4,8,12,22H,5-7H2,(H,25,31)(H,28,29)(H3,21,23,26,27,32)/t12-/m0/s1. The molecule has 0 unspecified atom stereocenters. The SMILES string of the molecule is Nc1nc2ncc(CNc3ccc(C(=O)N[C@@H](CCC(=O)O)C(=O)I)cc3)nc2c(=O)[nH]1. The van der Waals surface area contributed by atoms with Crippen LogP contribution in [0.15, 0.2) is 35.3 Å². The Morgan fingerprint density at radius 3 is 2.56 bits per heavy atom. The number of halogens is 1. The molecule has 2 aromatic heterocycles. The van der Waals surface area contributed by atoms with Crippen LogP contribution in [0.3, 0.4) is 0 Å². The number of nitrogens with two attached hydrogens (primary N) is 1. The zero-order chi connectivity index (χ0) is 23.3. The second kappa shape index (κ2) is 10.1. The second-order valence-corrected chi connectivity index (χ2v) is 7.74. The van der Waals surface area contributed by atoms with E-state index < -0.39 is 23.5 Å². The van der Waals surface area contributed by atoms with Crippen LogP contribution in [0.5, 0.6) is 0 Å². The number of carbonyl (C=O) groups is 3. The normalized spacial score (nSPS) is 11.7. The van der Waals surface area contributed by atoms with Gasteiger partial charge in [0.05, 0.1) is 24.5 Å². The molecule has 1 aromatic carbocycles. The number of benzene rings is 1. The second-order valence-electron chi connectivity index (χ2n) is 6.68. The van der Waals surface area contributed by atoms with Crippen molar-refractivity contribution in [2.45, 2.75) is 25.4 Å². The summed E-state index contributed by atoms with van der Waals surface area (Å²) in [6.45, 7) is 0.263. The lowest BCUT2D eigenvalue weighted by molar-refractivity contribution is -0.137. The summed E-state index contributed by atoms with van der Waals surface area (Å²) in [5, 5.41) is 14.4. The van der Waals surface area contributed by atoms with Gasteiger partial charge in [-0.25, -0.2) is 9.97 Å². The first-order chi connectivity index (χ1) is 15.2. The number of nitrogen functional groups attached to an aromatic ring is 1. The van der Waals surface area contributed by atoms with Crippen LogP contribution >= 0.6 is 22.6 Å². The molecule has 2 heterocycles. The molecule has 166 valence electrons. The van der Waals surface area contributed by atoms with Gasteiger partial charge in [0.25, 0.3) is 11.5 Å². The van der Waals surface area contributed by atoms with Gasteiger partial charge in [-0.2, -0.15) is 4.98 Å². The van der Waals surface area contributed by atoms with Crippen molar-refractivity contribution in [1.29, 1.82) is 0 Å². The highest BCUT2D eigenvalue weighted by molar-refractivity contribution is 14.1. The third-order valence-electron chi connectivity index (χ3n) is 4.33. The van der Waals surface area contributed by atoms with Crippen molar-refractivity contribution in [2.75, 3.05) is 11.1 Å². The fraction of sp³-hybridized carbons (Fsp3) is 0.211. The number of nitrogens with zero attached hydrogens (tertiary/aromatic N) is 3. The van der Waals surface area contributed by atoms with Crippen molar-refractivity contribution in [3.63, 3.8) is 0 Å². The maximum atomic E-state index is 12.4. The van der Waals surface area contributed by atoms with Crippen molar-refractivity contribution in [3.8, 4) is 0 Å². The summed E-state index contributed by atoms with van der Waals surface area (Å²) in [6.07, 6.45) is 1.26. The van der Waals surface area contributed by atoms with Crippen LogP contribution < -0.4 is 21.9 Å². The maximum Gasteiger partial charge on any atom is 0.303 e. The van der Waals surface area contributed by atoms with Crippen LogP contribution in [0.1, 0.15) is 28.9 Å². The zero-order valence-electron chi connectivity index (χ0n) is 16.5. The molecule has 0 bridgehead atoms. The summed E-state index contributed by atoms with van der Waals surface area (Å²) in [7, 11) is 0. The number of carboxylic acids is 1. The van der Waals surface area contributed by atoms with Crippen molar-refractivity contribution in [1.82, 2.24) is 25.3 Å². The van der Waals surface area contributed by atoms with Gasteiger partial charge in [-0.3, -0.25) is 24.2 Å². The highest BCUT2D eigenvalue weighted by Crippen LogP contribution is 2.13. The van der Waals surface area contributed by atoms with Crippen LogP contribution in [-0.2, 0) is 16.1 Å². The molecule has 0 aliphatic heterocycles. The minimum atomic E-state index is -1.04. The first-order valence-corrected chi connectivity index (χ1v) is 10.4. The Bertz CT molecular complexity index is 1230. The number of aromatic nitrogens is 4. The Kier molecular flexibility index (Phi) is 7.29. The van der Waals surface area contributed by atoms with Crippen LogP contribution in [0.2, 0.25) is 0 Å². The number of aromatic amines is 1. The Labute approximate surface area is 194 Å². The molecule has 0 saturated carbocycles. The van der Waals surface area contributed by atoms with E-state index in [1.807, 2.05) is 0 Å². The number of hydrogen-bond donors (Lipinski definition) is 5. The first kappa shape index (κ1) is 23.1. The Morgan fingerprint density at radius 2 is 1.91 bits per heavy atom. The van der Waals surface area contributed by atoms with E-state index in [9.17, 15) is 19.2 Å². The number of rotatable bonds is 9. The Morgan fingerprint density at radius 1 is 1.19 bits per heavy atom. The van der Waals surface area contributed by atoms with Gasteiger partial charge < -0.3 is 21.5 Å². The molecule has 13 heteroatoms. The number of carboxylic acid groups (broad SMARTS) is 1. The lowest BCUT2D eigenvalue weighted by Crippen LogP contribution is -2.39. The molecule has 3 aromatic rings. The summed E-state index contributed by atoms with van der Waals surface area (Å²) < 4.78 is -0.344. The predicted octanol–water partition coefficient (Wildman–Crippen LogP) is 0.832. The fourth-order valence-electron chi connectivity index (χ4n) is 2.74. The molecule has 0 fully saturated rings. The number of carbonyl (C=O) groups excluding carboxylic acids is 2. The minimum absolute atomic E-state index is 0.0141. The number of amides is 1. The average molecular weight is 551 g/mol. The van der Waals surface area contributed by atoms with Crippen LogP contribution in [0.25, 0.3) is 11.2 Å². The lowest BCUT2D eigenvalue weighted by Gasteiger charge is -2.14. The van der Waals surface area contributed by atoms with E-state index in [2.05, 4.69) is 30.6 Å². The van der Waals surface area contributed by atoms with E-state index in [0.29, 0.717) is 16.9 Å². The molecule has 6 N–H and O–H groups in total. The smallest absolute Gasteiger partial charge is 0.303 e. The average Bonchev–Trinajstić information content (AvgIpc) is 2.75. The number of fused-ring (bicyclic) bond motifs is 1. The first-order valence-electron chi connectivity index (χ1n) is 9.30. The van der Waals surface area contributed by atoms with Gasteiger partial charge in [-0.15, -0.1) is 0 Å². The molecule has 32 heavy (non-hydrogen) atoms. The predicted molar refractivity (Wildman–Crippen MR) is 123 cm³/mol. The highest BCUT2D eigenvalue weighted by atomic mass is 127. The molecule has 0 radical (unpaired) electrons. The minimum Gasteiger partial charge on any atom is -0.481 e. The van der Waals surface area contributed by atoms with Crippen molar-refractivity contribution in [3.05, 3.63) is 52.1 Å². The van der Waals surface area contributed by atoms with Gasteiger partial charge in [-0.1, -0.05) is 0 Å². The topological polar surface area (TPSA) is 193 Å². The molecule has 1 amide bonds. The Hall–Kier alpha value is -3.62. The van der Waals surface area contributed by atoms with Gasteiger partial charge in [0.15, 0.2) is 11.2 Å². The lowest BCUT2D eigenvalue weighted by atomic mass is 10.1. The molecular weight excluding hydrogens is 533 g/mol. The fourth-order valence-corrected chi connectivity index (χ4v) is 3.21. The van der Waals surface area contributed by atoms with E-state index in [1.165, 1.54) is 28.8 Å². The summed E-state index contributed by atoms with van der Waals surface area (Å²) in [6, 6.07) is 5.57. The third-order valence-corrected chi connectivity index (χ3v) is 5.08. The van der Waals surface area contributed by atoms with Crippen LogP contribution in [-0.4, -0.2) is 46.8 Å². The van der Waals surface area contributed by atoms with Crippen molar-refractivity contribution < 1.29 is 19.5 Å². The molecule has 0 spiro atoms. The highest BCUT2D eigenvalue weighted by Gasteiger charge is 2.20. The molecule has 0 saturated heterocycles. The molecule has 0 aliphatic carbocycles. The summed E-state index contributed by atoms with van der Waals surface area (Å²) >= 11 is 1.54. The van der Waals surface area contributed by atoms with Gasteiger partial charge >= 0.3 is 5.97 Å². The van der Waals surface area contributed by atoms with E-state index in [-0.39, 0.29) is 40.3 Å². The largest absolute Gasteiger partial charge is 0.481 e. The van der Waals surface area contributed by atoms with Crippen LogP contribution in [0.4, 0.5) is 11.6 Å². The summed E-state index contributed by atoms with van der Waals surface area (Å²) in [4.78, 5) is 61.3. The summed E-state index contributed by atoms with van der Waals surface area (Å²) in [5.41, 5.74) is 6.72. The quantitative estimate of drug-likeness (QED) is 0.188. The Balaban J connectivity index is 1.62. The van der Waals surface area contributed by atoms with Gasteiger partial charge in [-0.05, 0) is 30.7 Å². The zero-order valence-corrected chi connectivity index (χ0v) is 18.6. The van der Waals surface area contributed by atoms with E-state index in [1.54, 1.807) is 24.3 Å². The van der Waals surface area contributed by atoms with Gasteiger partial charge in [0.1, 0.15) is 0 Å². The van der Waals surface area contributed by atoms with Gasteiger partial charge in [0, 0.05) is 40.3 Å². The van der Waals surface area contributed by atoms with Crippen molar-refractivity contribution in [2.24, 2.45) is 0 Å². The molecular formula is C19H18IN7O5.